The Morgan fingerprint density at radius 2 is 0.816 bits per heavy atom. The lowest BCUT2D eigenvalue weighted by Gasteiger charge is -2.22. The van der Waals surface area contributed by atoms with Gasteiger partial charge in [-0.3, -0.25) is 15.0 Å². The molecule has 0 radical (unpaired) electrons. The second-order valence-corrected chi connectivity index (χ2v) is 8.89. The number of nitrogens with zero attached hydrogens (tertiary/aromatic N) is 3. The van der Waals surface area contributed by atoms with Gasteiger partial charge in [-0.25, -0.2) is 0 Å². The Balaban J connectivity index is 1.75. The van der Waals surface area contributed by atoms with Crippen molar-refractivity contribution in [3.05, 3.63) is 146 Å². The van der Waals surface area contributed by atoms with Gasteiger partial charge in [-0.1, -0.05) is 91.5 Å². The summed E-state index contributed by atoms with van der Waals surface area (Å²) in [5.74, 6) is 0. The third-order valence-electron chi connectivity index (χ3n) is 6.67. The molecule has 6 aromatic rings. The van der Waals surface area contributed by atoms with Crippen LogP contribution in [0.1, 0.15) is 5.56 Å². The summed E-state index contributed by atoms with van der Waals surface area (Å²) >= 11 is 0. The van der Waals surface area contributed by atoms with Gasteiger partial charge < -0.3 is 0 Å². The Labute approximate surface area is 222 Å². The fraction of sp³-hybridized carbons (Fsp3) is 0. The van der Waals surface area contributed by atoms with E-state index in [4.69, 9.17) is 15.0 Å². The molecule has 0 spiro atoms. The summed E-state index contributed by atoms with van der Waals surface area (Å²) in [7, 11) is 0. The van der Waals surface area contributed by atoms with Crippen molar-refractivity contribution in [3.63, 3.8) is 0 Å². The zero-order chi connectivity index (χ0) is 25.7. The number of rotatable bonds is 6. The Bertz CT molecular complexity index is 1710. The van der Waals surface area contributed by atoms with Crippen molar-refractivity contribution >= 4 is 6.08 Å². The Morgan fingerprint density at radius 3 is 1.26 bits per heavy atom. The summed E-state index contributed by atoms with van der Waals surface area (Å²) in [6.45, 7) is 4.19. The normalized spacial score (nSPS) is 10.7. The minimum atomic E-state index is 0.908. The number of pyridine rings is 3. The van der Waals surface area contributed by atoms with E-state index in [2.05, 4.69) is 85.4 Å². The molecule has 0 fully saturated rings. The second-order valence-electron chi connectivity index (χ2n) is 8.89. The van der Waals surface area contributed by atoms with E-state index in [9.17, 15) is 0 Å². The standard InChI is InChI=1S/C35H25N3/c1-2-25-20-21-30(33-19-9-12-24-38-33)35(29-16-6-4-14-27(29)32-18-8-11-23-37-32)34(25)28-15-5-3-13-26(28)31-17-7-10-22-36-31/h2-24H,1H2. The van der Waals surface area contributed by atoms with Crippen LogP contribution in [0, 0.1) is 0 Å². The van der Waals surface area contributed by atoms with E-state index in [0.29, 0.717) is 0 Å². The fourth-order valence-corrected chi connectivity index (χ4v) is 4.99. The second kappa shape index (κ2) is 10.5. The van der Waals surface area contributed by atoms with Crippen LogP contribution in [0.4, 0.5) is 0 Å². The van der Waals surface area contributed by atoms with E-state index in [1.165, 1.54) is 0 Å². The number of hydrogen-bond donors (Lipinski definition) is 0. The van der Waals surface area contributed by atoms with Crippen molar-refractivity contribution in [2.24, 2.45) is 0 Å². The predicted octanol–water partition coefficient (Wildman–Crippen LogP) is 8.85. The lowest BCUT2D eigenvalue weighted by Crippen LogP contribution is -1.98. The van der Waals surface area contributed by atoms with Gasteiger partial charge >= 0.3 is 0 Å². The SMILES string of the molecule is C=Cc1ccc(-c2ccccn2)c(-c2ccccc2-c2ccccn2)c1-c1ccccc1-c1ccccn1. The first kappa shape index (κ1) is 23.3. The highest BCUT2D eigenvalue weighted by molar-refractivity contribution is 6.03. The molecule has 0 atom stereocenters. The quantitative estimate of drug-likeness (QED) is 0.235. The van der Waals surface area contributed by atoms with Crippen LogP contribution < -0.4 is 0 Å². The van der Waals surface area contributed by atoms with Crippen molar-refractivity contribution in [1.29, 1.82) is 0 Å². The molecule has 3 aromatic heterocycles. The lowest BCUT2D eigenvalue weighted by atomic mass is 9.82. The van der Waals surface area contributed by atoms with Gasteiger partial charge in [0.05, 0.1) is 17.1 Å². The van der Waals surface area contributed by atoms with E-state index in [1.54, 1.807) is 0 Å². The molecule has 0 bridgehead atoms. The summed E-state index contributed by atoms with van der Waals surface area (Å²) in [6.07, 6.45) is 7.44. The smallest absolute Gasteiger partial charge is 0.0708 e. The predicted molar refractivity (Wildman–Crippen MR) is 157 cm³/mol. The van der Waals surface area contributed by atoms with Crippen molar-refractivity contribution < 1.29 is 0 Å². The van der Waals surface area contributed by atoms with Gasteiger partial charge in [0.15, 0.2) is 0 Å². The van der Waals surface area contributed by atoms with E-state index < -0.39 is 0 Å². The molecule has 0 aliphatic rings. The van der Waals surface area contributed by atoms with E-state index in [0.717, 1.165) is 61.6 Å². The number of hydrogen-bond acceptors (Lipinski definition) is 3. The van der Waals surface area contributed by atoms with Crippen LogP contribution in [-0.4, -0.2) is 15.0 Å². The number of benzene rings is 3. The maximum absolute atomic E-state index is 4.75. The van der Waals surface area contributed by atoms with Crippen molar-refractivity contribution in [2.75, 3.05) is 0 Å². The molecule has 0 saturated carbocycles. The van der Waals surface area contributed by atoms with E-state index in [-0.39, 0.29) is 0 Å². The lowest BCUT2D eigenvalue weighted by molar-refractivity contribution is 1.31. The van der Waals surface area contributed by atoms with Gasteiger partial charge in [0.1, 0.15) is 0 Å². The fourth-order valence-electron chi connectivity index (χ4n) is 4.99. The Morgan fingerprint density at radius 1 is 0.395 bits per heavy atom. The summed E-state index contributed by atoms with van der Waals surface area (Å²) in [6, 6.07) is 39.2. The first-order valence-corrected chi connectivity index (χ1v) is 12.6. The minimum absolute atomic E-state index is 0.908. The van der Waals surface area contributed by atoms with Gasteiger partial charge in [0.2, 0.25) is 0 Å². The number of aromatic nitrogens is 3. The van der Waals surface area contributed by atoms with E-state index in [1.807, 2.05) is 61.1 Å². The molecule has 3 nitrogen and oxygen atoms in total. The first-order valence-electron chi connectivity index (χ1n) is 12.6. The average molecular weight is 488 g/mol. The van der Waals surface area contributed by atoms with Crippen LogP contribution in [0.2, 0.25) is 0 Å². The molecule has 0 aliphatic carbocycles. The van der Waals surface area contributed by atoms with Gasteiger partial charge in [-0.05, 0) is 58.7 Å². The van der Waals surface area contributed by atoms with Crippen molar-refractivity contribution in [2.45, 2.75) is 0 Å². The van der Waals surface area contributed by atoms with Crippen LogP contribution in [-0.2, 0) is 0 Å². The molecular formula is C35H25N3. The highest BCUT2D eigenvalue weighted by Gasteiger charge is 2.22. The van der Waals surface area contributed by atoms with Crippen LogP contribution in [0.5, 0.6) is 0 Å². The molecule has 0 saturated heterocycles. The molecule has 3 aromatic carbocycles. The Hall–Kier alpha value is -5.15. The molecule has 3 heterocycles. The maximum atomic E-state index is 4.75. The zero-order valence-electron chi connectivity index (χ0n) is 20.8. The van der Waals surface area contributed by atoms with Crippen LogP contribution in [0.25, 0.3) is 62.1 Å². The molecular weight excluding hydrogens is 462 g/mol. The summed E-state index contributed by atoms with van der Waals surface area (Å²) in [5.41, 5.74) is 11.3. The molecule has 0 amide bonds. The topological polar surface area (TPSA) is 38.7 Å². The van der Waals surface area contributed by atoms with Crippen LogP contribution in [0.15, 0.2) is 140 Å². The highest BCUT2D eigenvalue weighted by Crippen LogP contribution is 2.47. The van der Waals surface area contributed by atoms with Gasteiger partial charge in [0.25, 0.3) is 0 Å². The molecule has 180 valence electrons. The Kier molecular flexibility index (Phi) is 6.40. The summed E-state index contributed by atoms with van der Waals surface area (Å²) < 4.78 is 0. The first-order chi connectivity index (χ1) is 18.8. The average Bonchev–Trinajstić information content (AvgIpc) is 3.01. The molecule has 0 N–H and O–H groups in total. The van der Waals surface area contributed by atoms with Gasteiger partial charge in [0, 0.05) is 40.8 Å². The highest BCUT2D eigenvalue weighted by atomic mass is 14.7. The maximum Gasteiger partial charge on any atom is 0.0708 e. The summed E-state index contributed by atoms with van der Waals surface area (Å²) in [5, 5.41) is 0. The molecule has 3 heteroatoms. The van der Waals surface area contributed by atoms with E-state index >= 15 is 0 Å². The van der Waals surface area contributed by atoms with Crippen molar-refractivity contribution in [1.82, 2.24) is 15.0 Å². The molecule has 0 aliphatic heterocycles. The molecule has 38 heavy (non-hydrogen) atoms. The zero-order valence-corrected chi connectivity index (χ0v) is 20.8. The largest absolute Gasteiger partial charge is 0.256 e. The molecule has 0 unspecified atom stereocenters. The van der Waals surface area contributed by atoms with Crippen LogP contribution in [0.3, 0.4) is 0 Å². The third-order valence-corrected chi connectivity index (χ3v) is 6.67. The van der Waals surface area contributed by atoms with Crippen LogP contribution >= 0.6 is 0 Å². The summed E-state index contributed by atoms with van der Waals surface area (Å²) in [4.78, 5) is 14.1. The van der Waals surface area contributed by atoms with Gasteiger partial charge in [-0.2, -0.15) is 0 Å². The monoisotopic (exact) mass is 487 g/mol. The molecule has 6 rings (SSSR count). The minimum Gasteiger partial charge on any atom is -0.256 e. The third kappa shape index (κ3) is 4.31. The van der Waals surface area contributed by atoms with Gasteiger partial charge in [-0.15, -0.1) is 0 Å². The van der Waals surface area contributed by atoms with Crippen molar-refractivity contribution in [3.8, 4) is 56.0 Å².